The summed E-state index contributed by atoms with van der Waals surface area (Å²) in [5, 5.41) is 13.9. The van der Waals surface area contributed by atoms with E-state index in [9.17, 15) is 9.59 Å². The van der Waals surface area contributed by atoms with E-state index >= 15 is 0 Å². The van der Waals surface area contributed by atoms with Gasteiger partial charge in [0.25, 0.3) is 5.91 Å². The van der Waals surface area contributed by atoms with Crippen LogP contribution in [0.2, 0.25) is 0 Å². The first-order chi connectivity index (χ1) is 15.1. The van der Waals surface area contributed by atoms with Gasteiger partial charge in [0.2, 0.25) is 6.79 Å². The first-order valence-corrected chi connectivity index (χ1v) is 9.44. The maximum absolute atomic E-state index is 12.7. The van der Waals surface area contributed by atoms with Crippen molar-refractivity contribution in [3.63, 3.8) is 0 Å². The summed E-state index contributed by atoms with van der Waals surface area (Å²) in [6.45, 7) is 1.65. The van der Waals surface area contributed by atoms with Crippen LogP contribution in [0, 0.1) is 6.92 Å². The normalized spacial score (nSPS) is 12.5. The molecule has 0 radical (unpaired) electrons. The van der Waals surface area contributed by atoms with E-state index in [1.165, 1.54) is 4.68 Å². The van der Waals surface area contributed by atoms with Gasteiger partial charge in [-0.3, -0.25) is 4.79 Å². The van der Waals surface area contributed by atoms with E-state index in [-0.39, 0.29) is 19.0 Å². The molecule has 4 rings (SSSR count). The van der Waals surface area contributed by atoms with Gasteiger partial charge in [0.1, 0.15) is 0 Å². The lowest BCUT2D eigenvalue weighted by Crippen LogP contribution is -2.29. The molecule has 1 aliphatic heterocycles. The first-order valence-electron chi connectivity index (χ1n) is 9.44. The second kappa shape index (κ2) is 9.08. The van der Waals surface area contributed by atoms with Crippen LogP contribution >= 0.6 is 0 Å². The highest BCUT2D eigenvalue weighted by atomic mass is 16.7. The molecule has 10 nitrogen and oxygen atoms in total. The molecule has 0 atom stereocenters. The molecule has 0 spiro atoms. The number of carbonyl (C=O) groups is 2. The molecule has 0 aliphatic carbocycles. The lowest BCUT2D eigenvalue weighted by atomic mass is 10.2. The fraction of sp³-hybridized carbons (Fsp3) is 0.190. The number of rotatable bonds is 7. The van der Waals surface area contributed by atoms with Crippen LogP contribution in [0.15, 0.2) is 48.5 Å². The Hall–Kier alpha value is -4.21. The van der Waals surface area contributed by atoms with Gasteiger partial charge in [-0.2, -0.15) is 4.68 Å². The second-order valence-corrected chi connectivity index (χ2v) is 6.62. The van der Waals surface area contributed by atoms with Crippen LogP contribution in [0.3, 0.4) is 0 Å². The Balaban J connectivity index is 1.38. The van der Waals surface area contributed by atoms with Gasteiger partial charge in [-0.05, 0) is 46.7 Å². The Labute approximate surface area is 177 Å². The molecule has 31 heavy (non-hydrogen) atoms. The Bertz CT molecular complexity index is 1130. The molecular formula is C21H19N5O5. The quantitative estimate of drug-likeness (QED) is 0.451. The SMILES string of the molecule is Cc1nnnn1/C(=C\c1ccccc1)C(=O)OCC(=O)NCc1ccc2c(c1)OCO2. The molecule has 1 amide bonds. The number of amides is 1. The molecule has 1 aromatic heterocycles. The summed E-state index contributed by atoms with van der Waals surface area (Å²) in [5.41, 5.74) is 1.69. The molecule has 0 saturated carbocycles. The van der Waals surface area contributed by atoms with E-state index in [4.69, 9.17) is 14.2 Å². The molecule has 2 heterocycles. The molecule has 0 saturated heterocycles. The Morgan fingerprint density at radius 2 is 1.97 bits per heavy atom. The molecule has 0 bridgehead atoms. The molecular weight excluding hydrogens is 402 g/mol. The summed E-state index contributed by atoms with van der Waals surface area (Å²) in [6.07, 6.45) is 1.59. The molecule has 10 heteroatoms. The average Bonchev–Trinajstić information content (AvgIpc) is 3.43. The van der Waals surface area contributed by atoms with Crippen molar-refractivity contribution in [2.24, 2.45) is 0 Å². The lowest BCUT2D eigenvalue weighted by molar-refractivity contribution is -0.143. The zero-order valence-electron chi connectivity index (χ0n) is 16.6. The smallest absolute Gasteiger partial charge is 0.357 e. The minimum atomic E-state index is -0.725. The van der Waals surface area contributed by atoms with Gasteiger partial charge in [0.05, 0.1) is 0 Å². The Morgan fingerprint density at radius 1 is 1.16 bits per heavy atom. The van der Waals surface area contributed by atoms with E-state index < -0.39 is 18.5 Å². The zero-order valence-corrected chi connectivity index (χ0v) is 16.6. The first kappa shape index (κ1) is 20.1. The number of nitrogens with zero attached hydrogens (tertiary/aromatic N) is 4. The highest BCUT2D eigenvalue weighted by molar-refractivity contribution is 6.15. The molecule has 0 fully saturated rings. The molecule has 158 valence electrons. The third-order valence-corrected chi connectivity index (χ3v) is 4.43. The maximum Gasteiger partial charge on any atom is 0.357 e. The summed E-state index contributed by atoms with van der Waals surface area (Å²) in [4.78, 5) is 24.9. The summed E-state index contributed by atoms with van der Waals surface area (Å²) in [5.74, 6) is 0.535. The van der Waals surface area contributed by atoms with Crippen LogP contribution in [-0.2, 0) is 20.9 Å². The van der Waals surface area contributed by atoms with E-state index in [1.807, 2.05) is 36.4 Å². The van der Waals surface area contributed by atoms with Crippen LogP contribution < -0.4 is 14.8 Å². The third kappa shape index (κ3) is 4.86. The standard InChI is InChI=1S/C21H19N5O5/c1-14-23-24-25-26(14)17(9-15-5-3-2-4-6-15)21(28)29-12-20(27)22-11-16-7-8-18-19(10-16)31-13-30-18/h2-10H,11-13H2,1H3,(H,22,27)/b17-9-. The third-order valence-electron chi connectivity index (χ3n) is 4.43. The lowest BCUT2D eigenvalue weighted by Gasteiger charge is -2.10. The van der Waals surface area contributed by atoms with Crippen LogP contribution in [0.25, 0.3) is 11.8 Å². The predicted octanol–water partition coefficient (Wildman–Crippen LogP) is 1.57. The number of hydrogen-bond acceptors (Lipinski definition) is 8. The van der Waals surface area contributed by atoms with Crippen molar-refractivity contribution in [2.45, 2.75) is 13.5 Å². The molecule has 1 N–H and O–H groups in total. The minimum Gasteiger partial charge on any atom is -0.454 e. The number of carbonyl (C=O) groups excluding carboxylic acids is 2. The van der Waals surface area contributed by atoms with Crippen molar-refractivity contribution in [1.82, 2.24) is 25.5 Å². The summed E-state index contributed by atoms with van der Waals surface area (Å²) >= 11 is 0. The Kier molecular flexibility index (Phi) is 5.88. The maximum atomic E-state index is 12.7. The summed E-state index contributed by atoms with van der Waals surface area (Å²) < 4.78 is 17.0. The van der Waals surface area contributed by atoms with Gasteiger partial charge in [-0.1, -0.05) is 36.4 Å². The number of fused-ring (bicyclic) bond motifs is 1. The number of aryl methyl sites for hydroxylation is 1. The molecule has 1 aliphatic rings. The fourth-order valence-electron chi connectivity index (χ4n) is 2.88. The minimum absolute atomic E-state index is 0.0947. The number of hydrogen-bond donors (Lipinski definition) is 1. The van der Waals surface area contributed by atoms with Crippen LogP contribution in [0.1, 0.15) is 17.0 Å². The molecule has 3 aromatic rings. The van der Waals surface area contributed by atoms with Crippen LogP contribution in [-0.4, -0.2) is 45.5 Å². The van der Waals surface area contributed by atoms with Crippen molar-refractivity contribution in [3.05, 3.63) is 65.5 Å². The number of ether oxygens (including phenoxy) is 3. The summed E-state index contributed by atoms with van der Waals surface area (Å²) in [6, 6.07) is 14.6. The fourth-order valence-corrected chi connectivity index (χ4v) is 2.88. The van der Waals surface area contributed by atoms with Crippen LogP contribution in [0.4, 0.5) is 0 Å². The number of benzene rings is 2. The van der Waals surface area contributed by atoms with E-state index in [0.29, 0.717) is 17.3 Å². The number of tetrazole rings is 1. The zero-order chi connectivity index (χ0) is 21.6. The highest BCUT2D eigenvalue weighted by Crippen LogP contribution is 2.32. The second-order valence-electron chi connectivity index (χ2n) is 6.62. The summed E-state index contributed by atoms with van der Waals surface area (Å²) in [7, 11) is 0. The largest absolute Gasteiger partial charge is 0.454 e. The number of nitrogens with one attached hydrogen (secondary N) is 1. The van der Waals surface area contributed by atoms with Gasteiger partial charge in [-0.25, -0.2) is 4.79 Å². The van der Waals surface area contributed by atoms with Crippen molar-refractivity contribution >= 4 is 23.6 Å². The monoisotopic (exact) mass is 421 g/mol. The average molecular weight is 421 g/mol. The van der Waals surface area contributed by atoms with Gasteiger partial charge < -0.3 is 19.5 Å². The van der Waals surface area contributed by atoms with Crippen molar-refractivity contribution in [3.8, 4) is 11.5 Å². The van der Waals surface area contributed by atoms with Crippen LogP contribution in [0.5, 0.6) is 11.5 Å². The molecule has 2 aromatic carbocycles. The number of esters is 1. The van der Waals surface area contributed by atoms with Crippen molar-refractivity contribution in [1.29, 1.82) is 0 Å². The van der Waals surface area contributed by atoms with Gasteiger partial charge >= 0.3 is 5.97 Å². The van der Waals surface area contributed by atoms with Crippen molar-refractivity contribution < 1.29 is 23.8 Å². The van der Waals surface area contributed by atoms with Crippen molar-refractivity contribution in [2.75, 3.05) is 13.4 Å². The molecule has 0 unspecified atom stereocenters. The van der Waals surface area contributed by atoms with E-state index in [2.05, 4.69) is 20.8 Å². The van der Waals surface area contributed by atoms with E-state index in [1.54, 1.807) is 25.1 Å². The predicted molar refractivity (Wildman–Crippen MR) is 109 cm³/mol. The topological polar surface area (TPSA) is 117 Å². The van der Waals surface area contributed by atoms with E-state index in [0.717, 1.165) is 11.1 Å². The van der Waals surface area contributed by atoms with Gasteiger partial charge in [0.15, 0.2) is 29.6 Å². The number of aromatic nitrogens is 4. The van der Waals surface area contributed by atoms with Gasteiger partial charge in [-0.15, -0.1) is 5.10 Å². The highest BCUT2D eigenvalue weighted by Gasteiger charge is 2.19. The van der Waals surface area contributed by atoms with Gasteiger partial charge in [0, 0.05) is 6.54 Å². The Morgan fingerprint density at radius 3 is 2.74 bits per heavy atom.